The quantitative estimate of drug-likeness (QED) is 0.840. The van der Waals surface area contributed by atoms with Crippen molar-refractivity contribution in [2.75, 3.05) is 19.7 Å². The van der Waals surface area contributed by atoms with Gasteiger partial charge < -0.3 is 14.2 Å². The van der Waals surface area contributed by atoms with Crippen LogP contribution in [0.5, 0.6) is 0 Å². The maximum atomic E-state index is 12.5. The van der Waals surface area contributed by atoms with Crippen molar-refractivity contribution in [2.24, 2.45) is 0 Å². The van der Waals surface area contributed by atoms with Crippen LogP contribution in [0.4, 0.5) is 0 Å². The summed E-state index contributed by atoms with van der Waals surface area (Å²) in [5, 5.41) is 0. The van der Waals surface area contributed by atoms with E-state index in [9.17, 15) is 4.79 Å². The second kappa shape index (κ2) is 5.05. The van der Waals surface area contributed by atoms with Gasteiger partial charge in [-0.2, -0.15) is 0 Å². The predicted octanol–water partition coefficient (Wildman–Crippen LogP) is 2.52. The zero-order valence-electron chi connectivity index (χ0n) is 11.1. The molecule has 1 aromatic rings. The van der Waals surface area contributed by atoms with E-state index in [2.05, 4.69) is 15.9 Å². The van der Waals surface area contributed by atoms with E-state index in [4.69, 9.17) is 4.74 Å². The standard InChI is InChI=1S/C13H19BrN2O2/c1-4-15-8-10(14)7-11(15)12(17)16-5-6-18-13(2,3)9-16/h7-8H,4-6,9H2,1-3H3. The van der Waals surface area contributed by atoms with E-state index in [0.29, 0.717) is 19.7 Å². The SMILES string of the molecule is CCn1cc(Br)cc1C(=O)N1CCOC(C)(C)C1. The average Bonchev–Trinajstić information content (AvgIpc) is 2.68. The number of hydrogen-bond acceptors (Lipinski definition) is 2. The molecule has 2 heterocycles. The van der Waals surface area contributed by atoms with Crippen LogP contribution in [0.2, 0.25) is 0 Å². The van der Waals surface area contributed by atoms with E-state index in [1.807, 2.05) is 42.5 Å². The largest absolute Gasteiger partial charge is 0.372 e. The fraction of sp³-hybridized carbons (Fsp3) is 0.615. The van der Waals surface area contributed by atoms with Crippen molar-refractivity contribution in [3.8, 4) is 0 Å². The van der Waals surface area contributed by atoms with Crippen LogP contribution in [0, 0.1) is 0 Å². The summed E-state index contributed by atoms with van der Waals surface area (Å²) in [6.45, 7) is 8.76. The fourth-order valence-corrected chi connectivity index (χ4v) is 2.73. The number of morpholine rings is 1. The lowest BCUT2D eigenvalue weighted by Gasteiger charge is -2.38. The summed E-state index contributed by atoms with van der Waals surface area (Å²) in [7, 11) is 0. The van der Waals surface area contributed by atoms with Gasteiger partial charge in [0.2, 0.25) is 0 Å². The molecule has 4 nitrogen and oxygen atoms in total. The predicted molar refractivity (Wildman–Crippen MR) is 73.7 cm³/mol. The summed E-state index contributed by atoms with van der Waals surface area (Å²) in [4.78, 5) is 14.4. The molecule has 1 aromatic heterocycles. The molecule has 1 amide bonds. The molecule has 0 bridgehead atoms. The molecule has 5 heteroatoms. The normalized spacial score (nSPS) is 19.0. The Balaban J connectivity index is 2.20. The molecule has 2 rings (SSSR count). The van der Waals surface area contributed by atoms with Crippen LogP contribution in [0.15, 0.2) is 16.7 Å². The Morgan fingerprint density at radius 2 is 2.28 bits per heavy atom. The third-order valence-electron chi connectivity index (χ3n) is 3.14. The zero-order chi connectivity index (χ0) is 13.3. The van der Waals surface area contributed by atoms with Crippen molar-refractivity contribution < 1.29 is 9.53 Å². The minimum absolute atomic E-state index is 0.0823. The number of halogens is 1. The van der Waals surface area contributed by atoms with Crippen molar-refractivity contribution >= 4 is 21.8 Å². The maximum absolute atomic E-state index is 12.5. The first-order valence-corrected chi connectivity index (χ1v) is 7.01. The highest BCUT2D eigenvalue weighted by molar-refractivity contribution is 9.10. The van der Waals surface area contributed by atoms with Crippen molar-refractivity contribution in [1.29, 1.82) is 0 Å². The topological polar surface area (TPSA) is 34.5 Å². The van der Waals surface area contributed by atoms with Gasteiger partial charge in [-0.1, -0.05) is 0 Å². The minimum atomic E-state index is -0.255. The van der Waals surface area contributed by atoms with Crippen molar-refractivity contribution in [2.45, 2.75) is 32.9 Å². The summed E-state index contributed by atoms with van der Waals surface area (Å²) in [5.41, 5.74) is 0.483. The lowest BCUT2D eigenvalue weighted by atomic mass is 10.1. The highest BCUT2D eigenvalue weighted by Crippen LogP contribution is 2.21. The molecule has 0 atom stereocenters. The molecule has 1 saturated heterocycles. The Morgan fingerprint density at radius 3 is 2.89 bits per heavy atom. The van der Waals surface area contributed by atoms with Gasteiger partial charge in [0.05, 0.1) is 12.2 Å². The van der Waals surface area contributed by atoms with Gasteiger partial charge >= 0.3 is 0 Å². The van der Waals surface area contributed by atoms with Crippen LogP contribution in [-0.2, 0) is 11.3 Å². The minimum Gasteiger partial charge on any atom is -0.372 e. The van der Waals surface area contributed by atoms with Gasteiger partial charge in [0.1, 0.15) is 5.69 Å². The van der Waals surface area contributed by atoms with Gasteiger partial charge in [0, 0.05) is 30.3 Å². The number of rotatable bonds is 2. The number of amides is 1. The molecule has 0 N–H and O–H groups in total. The smallest absolute Gasteiger partial charge is 0.270 e. The lowest BCUT2D eigenvalue weighted by molar-refractivity contribution is -0.0765. The maximum Gasteiger partial charge on any atom is 0.270 e. The summed E-state index contributed by atoms with van der Waals surface area (Å²) in [6, 6.07) is 1.88. The number of aromatic nitrogens is 1. The van der Waals surface area contributed by atoms with Gasteiger partial charge in [-0.25, -0.2) is 0 Å². The number of ether oxygens (including phenoxy) is 1. The van der Waals surface area contributed by atoms with Crippen molar-refractivity contribution in [3.05, 3.63) is 22.4 Å². The van der Waals surface area contributed by atoms with E-state index in [1.54, 1.807) is 0 Å². The van der Waals surface area contributed by atoms with Gasteiger partial charge in [-0.05, 0) is 42.8 Å². The highest BCUT2D eigenvalue weighted by atomic mass is 79.9. The molecular formula is C13H19BrN2O2. The Kier molecular flexibility index (Phi) is 3.82. The molecule has 0 unspecified atom stereocenters. The van der Waals surface area contributed by atoms with E-state index in [-0.39, 0.29) is 11.5 Å². The molecule has 0 spiro atoms. The monoisotopic (exact) mass is 314 g/mol. The Bertz CT molecular complexity index is 454. The number of carbonyl (C=O) groups is 1. The lowest BCUT2D eigenvalue weighted by Crippen LogP contribution is -2.50. The number of aryl methyl sites for hydroxylation is 1. The van der Waals surface area contributed by atoms with Crippen LogP contribution in [-0.4, -0.2) is 40.7 Å². The summed E-state index contributed by atoms with van der Waals surface area (Å²) in [6.07, 6.45) is 1.94. The number of carbonyl (C=O) groups excluding carboxylic acids is 1. The zero-order valence-corrected chi connectivity index (χ0v) is 12.7. The molecule has 0 aromatic carbocycles. The molecule has 1 fully saturated rings. The molecule has 0 aliphatic carbocycles. The fourth-order valence-electron chi connectivity index (χ4n) is 2.27. The second-order valence-electron chi connectivity index (χ2n) is 5.16. The molecule has 100 valence electrons. The van der Waals surface area contributed by atoms with E-state index in [0.717, 1.165) is 16.7 Å². The Hall–Kier alpha value is -0.810. The number of nitrogens with zero attached hydrogens (tertiary/aromatic N) is 2. The van der Waals surface area contributed by atoms with Gasteiger partial charge in [0.25, 0.3) is 5.91 Å². The van der Waals surface area contributed by atoms with Gasteiger partial charge in [-0.3, -0.25) is 4.79 Å². The summed E-state index contributed by atoms with van der Waals surface area (Å²) in [5.74, 6) is 0.0823. The van der Waals surface area contributed by atoms with E-state index < -0.39 is 0 Å². The summed E-state index contributed by atoms with van der Waals surface area (Å²) >= 11 is 3.42. The van der Waals surface area contributed by atoms with Crippen LogP contribution in [0.25, 0.3) is 0 Å². The van der Waals surface area contributed by atoms with Crippen molar-refractivity contribution in [1.82, 2.24) is 9.47 Å². The van der Waals surface area contributed by atoms with Crippen LogP contribution in [0.1, 0.15) is 31.3 Å². The molecule has 1 aliphatic rings. The highest BCUT2D eigenvalue weighted by Gasteiger charge is 2.31. The first-order valence-electron chi connectivity index (χ1n) is 6.22. The Labute approximate surface area is 116 Å². The van der Waals surface area contributed by atoms with Crippen LogP contribution >= 0.6 is 15.9 Å². The molecule has 18 heavy (non-hydrogen) atoms. The molecule has 0 saturated carbocycles. The third-order valence-corrected chi connectivity index (χ3v) is 3.57. The number of hydrogen-bond donors (Lipinski definition) is 0. The molecular weight excluding hydrogens is 296 g/mol. The second-order valence-corrected chi connectivity index (χ2v) is 6.08. The van der Waals surface area contributed by atoms with Crippen LogP contribution in [0.3, 0.4) is 0 Å². The van der Waals surface area contributed by atoms with Crippen molar-refractivity contribution in [3.63, 3.8) is 0 Å². The van der Waals surface area contributed by atoms with Gasteiger partial charge in [0.15, 0.2) is 0 Å². The van der Waals surface area contributed by atoms with Crippen LogP contribution < -0.4 is 0 Å². The Morgan fingerprint density at radius 1 is 1.56 bits per heavy atom. The van der Waals surface area contributed by atoms with E-state index >= 15 is 0 Å². The summed E-state index contributed by atoms with van der Waals surface area (Å²) < 4.78 is 8.55. The third kappa shape index (κ3) is 2.78. The molecule has 0 radical (unpaired) electrons. The van der Waals surface area contributed by atoms with E-state index in [1.165, 1.54) is 0 Å². The first kappa shape index (κ1) is 13.6. The van der Waals surface area contributed by atoms with Gasteiger partial charge in [-0.15, -0.1) is 0 Å². The first-order chi connectivity index (χ1) is 8.43. The average molecular weight is 315 g/mol. The molecule has 1 aliphatic heterocycles.